The van der Waals surface area contributed by atoms with E-state index in [2.05, 4.69) is 17.2 Å². The first-order chi connectivity index (χ1) is 10.1. The minimum absolute atomic E-state index is 0.0222. The molecule has 0 saturated heterocycles. The number of halogens is 1. The zero-order valence-electron chi connectivity index (χ0n) is 12.3. The maximum Gasteiger partial charge on any atom is 0.254 e. The molecule has 0 aliphatic carbocycles. The Labute approximate surface area is 124 Å². The summed E-state index contributed by atoms with van der Waals surface area (Å²) >= 11 is 0. The first kappa shape index (κ1) is 17.2. The van der Waals surface area contributed by atoms with Gasteiger partial charge in [0.2, 0.25) is 0 Å². The van der Waals surface area contributed by atoms with E-state index in [0.29, 0.717) is 25.2 Å². The first-order valence-electron chi connectivity index (χ1n) is 6.86. The standard InChI is InChI=1S/C16H20FNO3/c1-3-21-11-12(2)18-16(20)14-8-7-13(10-15(14)17)6-4-5-9-19/h7-8,10,12,19H,3,5,9,11H2,1-2H3,(H,18,20). The maximum atomic E-state index is 13.9. The third-order valence-electron chi connectivity index (χ3n) is 2.63. The molecular weight excluding hydrogens is 273 g/mol. The van der Waals surface area contributed by atoms with Gasteiger partial charge in [0.15, 0.2) is 0 Å². The Bertz CT molecular complexity index is 534. The molecule has 1 aromatic carbocycles. The molecular formula is C16H20FNO3. The van der Waals surface area contributed by atoms with Gasteiger partial charge in [0.25, 0.3) is 5.91 Å². The second-order valence-corrected chi connectivity index (χ2v) is 4.50. The fourth-order valence-corrected chi connectivity index (χ4v) is 1.64. The molecule has 0 saturated carbocycles. The smallest absolute Gasteiger partial charge is 0.254 e. The summed E-state index contributed by atoms with van der Waals surface area (Å²) in [6, 6.07) is 4.00. The molecule has 0 aliphatic rings. The molecule has 1 rings (SSSR count). The number of ether oxygens (including phenoxy) is 1. The second-order valence-electron chi connectivity index (χ2n) is 4.50. The Morgan fingerprint density at radius 3 is 2.90 bits per heavy atom. The van der Waals surface area contributed by atoms with Gasteiger partial charge in [-0.15, -0.1) is 0 Å². The van der Waals surface area contributed by atoms with E-state index < -0.39 is 11.7 Å². The normalized spacial score (nSPS) is 11.4. The van der Waals surface area contributed by atoms with E-state index in [9.17, 15) is 9.18 Å². The van der Waals surface area contributed by atoms with E-state index in [1.807, 2.05) is 6.92 Å². The van der Waals surface area contributed by atoms with Crippen molar-refractivity contribution < 1.29 is 19.0 Å². The van der Waals surface area contributed by atoms with Crippen LogP contribution in [0.25, 0.3) is 0 Å². The van der Waals surface area contributed by atoms with Crippen LogP contribution >= 0.6 is 0 Å². The number of hydrogen-bond acceptors (Lipinski definition) is 3. The summed E-state index contributed by atoms with van der Waals surface area (Å²) in [6.45, 7) is 4.57. The van der Waals surface area contributed by atoms with E-state index >= 15 is 0 Å². The average molecular weight is 293 g/mol. The second kappa shape index (κ2) is 9.11. The SMILES string of the molecule is CCOCC(C)NC(=O)c1ccc(C#CCCO)cc1F. The van der Waals surface area contributed by atoms with Crippen LogP contribution in [0.5, 0.6) is 0 Å². The van der Waals surface area contributed by atoms with Gasteiger partial charge < -0.3 is 15.2 Å². The van der Waals surface area contributed by atoms with E-state index in [0.717, 1.165) is 0 Å². The molecule has 4 nitrogen and oxygen atoms in total. The predicted octanol–water partition coefficient (Wildman–Crippen LogP) is 1.71. The van der Waals surface area contributed by atoms with Crippen molar-refractivity contribution in [1.29, 1.82) is 0 Å². The summed E-state index contributed by atoms with van der Waals surface area (Å²) < 4.78 is 19.1. The summed E-state index contributed by atoms with van der Waals surface area (Å²) in [6.07, 6.45) is 0.332. The van der Waals surface area contributed by atoms with Crippen molar-refractivity contribution in [2.24, 2.45) is 0 Å². The van der Waals surface area contributed by atoms with Crippen LogP contribution in [0.1, 0.15) is 36.2 Å². The zero-order valence-corrected chi connectivity index (χ0v) is 12.3. The van der Waals surface area contributed by atoms with Crippen molar-refractivity contribution in [2.75, 3.05) is 19.8 Å². The maximum absolute atomic E-state index is 13.9. The first-order valence-corrected chi connectivity index (χ1v) is 6.86. The van der Waals surface area contributed by atoms with Crippen LogP contribution < -0.4 is 5.32 Å². The lowest BCUT2D eigenvalue weighted by Crippen LogP contribution is -2.36. The molecule has 0 spiro atoms. The van der Waals surface area contributed by atoms with Crippen LogP contribution in [0.15, 0.2) is 18.2 Å². The summed E-state index contributed by atoms with van der Waals surface area (Å²) in [7, 11) is 0. The van der Waals surface area contributed by atoms with Crippen LogP contribution in [0, 0.1) is 17.7 Å². The topological polar surface area (TPSA) is 58.6 Å². The molecule has 2 N–H and O–H groups in total. The van der Waals surface area contributed by atoms with Gasteiger partial charge in [-0.05, 0) is 32.0 Å². The molecule has 0 radical (unpaired) electrons. The van der Waals surface area contributed by atoms with Crippen molar-refractivity contribution >= 4 is 5.91 Å². The molecule has 0 aromatic heterocycles. The number of rotatable bonds is 6. The van der Waals surface area contributed by atoms with E-state index in [1.54, 1.807) is 13.0 Å². The van der Waals surface area contributed by atoms with E-state index in [-0.39, 0.29) is 18.2 Å². The van der Waals surface area contributed by atoms with Gasteiger partial charge in [0.05, 0.1) is 18.8 Å². The lowest BCUT2D eigenvalue weighted by atomic mass is 10.1. The minimum atomic E-state index is -0.619. The largest absolute Gasteiger partial charge is 0.395 e. The van der Waals surface area contributed by atoms with Gasteiger partial charge in [0.1, 0.15) is 5.82 Å². The van der Waals surface area contributed by atoms with Crippen LogP contribution in [0.2, 0.25) is 0 Å². The van der Waals surface area contributed by atoms with Gasteiger partial charge in [-0.2, -0.15) is 0 Å². The molecule has 1 unspecified atom stereocenters. The Morgan fingerprint density at radius 1 is 1.52 bits per heavy atom. The number of amides is 1. The molecule has 5 heteroatoms. The molecule has 1 atom stereocenters. The number of carbonyl (C=O) groups excluding carboxylic acids is 1. The number of aliphatic hydroxyl groups is 1. The Morgan fingerprint density at radius 2 is 2.29 bits per heavy atom. The van der Waals surface area contributed by atoms with Gasteiger partial charge in [-0.25, -0.2) is 4.39 Å². The highest BCUT2D eigenvalue weighted by atomic mass is 19.1. The molecule has 1 amide bonds. The Hall–Kier alpha value is -1.90. The quantitative estimate of drug-likeness (QED) is 0.785. The van der Waals surface area contributed by atoms with Crippen LogP contribution in [0.3, 0.4) is 0 Å². The van der Waals surface area contributed by atoms with Crippen molar-refractivity contribution in [1.82, 2.24) is 5.32 Å². The van der Waals surface area contributed by atoms with Gasteiger partial charge in [0, 0.05) is 24.6 Å². The van der Waals surface area contributed by atoms with Crippen LogP contribution in [-0.4, -0.2) is 36.9 Å². The summed E-state index contributed by atoms with van der Waals surface area (Å²) in [4.78, 5) is 11.9. The molecule has 21 heavy (non-hydrogen) atoms. The van der Waals surface area contributed by atoms with Crippen molar-refractivity contribution in [3.63, 3.8) is 0 Å². The summed E-state index contributed by atoms with van der Waals surface area (Å²) in [5, 5.41) is 11.3. The van der Waals surface area contributed by atoms with Crippen LogP contribution in [0.4, 0.5) is 4.39 Å². The van der Waals surface area contributed by atoms with Gasteiger partial charge in [-0.1, -0.05) is 11.8 Å². The summed E-state index contributed by atoms with van der Waals surface area (Å²) in [5.41, 5.74) is 0.450. The highest BCUT2D eigenvalue weighted by molar-refractivity contribution is 5.94. The Kier molecular flexibility index (Phi) is 7.44. The molecule has 0 aliphatic heterocycles. The third kappa shape index (κ3) is 5.94. The van der Waals surface area contributed by atoms with Gasteiger partial charge >= 0.3 is 0 Å². The van der Waals surface area contributed by atoms with Crippen molar-refractivity contribution in [3.8, 4) is 11.8 Å². The fourth-order valence-electron chi connectivity index (χ4n) is 1.64. The molecule has 0 bridgehead atoms. The molecule has 114 valence electrons. The average Bonchev–Trinajstić information content (AvgIpc) is 2.45. The van der Waals surface area contributed by atoms with Gasteiger partial charge in [-0.3, -0.25) is 4.79 Å². The number of benzene rings is 1. The lowest BCUT2D eigenvalue weighted by Gasteiger charge is -2.14. The third-order valence-corrected chi connectivity index (χ3v) is 2.63. The molecule has 1 aromatic rings. The summed E-state index contributed by atoms with van der Waals surface area (Å²) in [5.74, 6) is 4.32. The highest BCUT2D eigenvalue weighted by Crippen LogP contribution is 2.10. The van der Waals surface area contributed by atoms with E-state index in [4.69, 9.17) is 9.84 Å². The molecule has 0 heterocycles. The lowest BCUT2D eigenvalue weighted by molar-refractivity contribution is 0.0868. The van der Waals surface area contributed by atoms with Crippen LogP contribution in [-0.2, 0) is 4.74 Å². The molecule has 0 fully saturated rings. The number of nitrogens with one attached hydrogen (secondary N) is 1. The van der Waals surface area contributed by atoms with Crippen molar-refractivity contribution in [2.45, 2.75) is 26.3 Å². The minimum Gasteiger partial charge on any atom is -0.395 e. The fraction of sp³-hybridized carbons (Fsp3) is 0.438. The zero-order chi connectivity index (χ0) is 15.7. The number of hydrogen-bond donors (Lipinski definition) is 2. The number of carbonyl (C=O) groups is 1. The monoisotopic (exact) mass is 293 g/mol. The van der Waals surface area contributed by atoms with E-state index in [1.165, 1.54) is 12.1 Å². The Balaban J connectivity index is 2.71. The highest BCUT2D eigenvalue weighted by Gasteiger charge is 2.14. The number of aliphatic hydroxyl groups excluding tert-OH is 1. The van der Waals surface area contributed by atoms with Crippen molar-refractivity contribution in [3.05, 3.63) is 35.1 Å². The predicted molar refractivity (Wildman–Crippen MR) is 78.4 cm³/mol.